The van der Waals surface area contributed by atoms with Gasteiger partial charge < -0.3 is 8.85 Å². The summed E-state index contributed by atoms with van der Waals surface area (Å²) in [7, 11) is -4.49. The molecular weight excluding hydrogens is 364 g/mol. The molecule has 0 unspecified atom stereocenters. The van der Waals surface area contributed by atoms with E-state index >= 15 is 0 Å². The monoisotopic (exact) mass is 416 g/mol. The first kappa shape index (κ1) is 27.4. The lowest BCUT2D eigenvalue weighted by Gasteiger charge is -2.60. The van der Waals surface area contributed by atoms with Gasteiger partial charge in [0.2, 0.25) is 16.6 Å². The van der Waals surface area contributed by atoms with Crippen LogP contribution in [0.25, 0.3) is 0 Å². The molecule has 0 spiro atoms. The third-order valence-corrected chi connectivity index (χ3v) is 21.6. The van der Waals surface area contributed by atoms with Crippen LogP contribution in [0.1, 0.15) is 111 Å². The van der Waals surface area contributed by atoms with Gasteiger partial charge in [0, 0.05) is 12.2 Å². The van der Waals surface area contributed by atoms with Crippen molar-refractivity contribution in [2.45, 2.75) is 149 Å². The summed E-state index contributed by atoms with van der Waals surface area (Å²) in [6, 6.07) is 0. The van der Waals surface area contributed by atoms with E-state index in [1.54, 1.807) is 0 Å². The zero-order valence-corrected chi connectivity index (χ0v) is 23.7. The largest absolute Gasteiger partial charge is 0.414 e. The maximum absolute atomic E-state index is 7.09. The van der Waals surface area contributed by atoms with Gasteiger partial charge in [0.25, 0.3) is 0 Å². The van der Waals surface area contributed by atoms with Gasteiger partial charge in [-0.25, -0.2) is 0 Å². The van der Waals surface area contributed by atoms with Crippen LogP contribution in [0.15, 0.2) is 0 Å². The van der Waals surface area contributed by atoms with Crippen molar-refractivity contribution in [2.24, 2.45) is 0 Å². The van der Waals surface area contributed by atoms with Gasteiger partial charge in [-0.15, -0.1) is 0 Å². The van der Waals surface area contributed by atoms with Gasteiger partial charge in [-0.3, -0.25) is 0 Å². The number of hydrogen-bond donors (Lipinski definition) is 0. The Balaban J connectivity index is 6.97. The molecule has 0 saturated heterocycles. The lowest BCUT2D eigenvalue weighted by Crippen LogP contribution is -2.67. The average molecular weight is 417 g/mol. The van der Waals surface area contributed by atoms with Crippen LogP contribution in [0, 0.1) is 0 Å². The molecule has 4 heteroatoms. The van der Waals surface area contributed by atoms with E-state index in [0.717, 1.165) is 5.67 Å². The van der Waals surface area contributed by atoms with Gasteiger partial charge >= 0.3 is 0 Å². The van der Waals surface area contributed by atoms with Crippen molar-refractivity contribution in [3.8, 4) is 0 Å². The van der Waals surface area contributed by atoms with Crippen molar-refractivity contribution in [2.75, 3.05) is 0 Å². The average Bonchev–Trinajstić information content (AvgIpc) is 2.29. The summed E-state index contributed by atoms with van der Waals surface area (Å²) in [5.41, 5.74) is 1.14. The molecule has 0 amide bonds. The molecule has 0 aliphatic rings. The van der Waals surface area contributed by atoms with E-state index in [1.165, 1.54) is 0 Å². The van der Waals surface area contributed by atoms with Gasteiger partial charge in [-0.2, -0.15) is 0 Å². The van der Waals surface area contributed by atoms with Gasteiger partial charge in [0.1, 0.15) is 0 Å². The topological polar surface area (TPSA) is 18.5 Å². The van der Waals surface area contributed by atoms with Crippen LogP contribution in [-0.4, -0.2) is 28.8 Å². The van der Waals surface area contributed by atoms with Crippen LogP contribution in [0.2, 0.25) is 25.8 Å². The Morgan fingerprint density at radius 2 is 0.667 bits per heavy atom. The number of rotatable bonds is 6. The van der Waals surface area contributed by atoms with Gasteiger partial charge in [0.15, 0.2) is 0 Å². The molecule has 0 saturated carbocycles. The number of hydrogen-bond acceptors (Lipinski definition) is 2. The molecule has 0 aliphatic heterocycles. The van der Waals surface area contributed by atoms with Crippen molar-refractivity contribution < 1.29 is 8.85 Å². The summed E-state index contributed by atoms with van der Waals surface area (Å²) >= 11 is 0. The molecule has 0 aliphatic carbocycles. The Morgan fingerprint density at radius 1 is 0.481 bits per heavy atom. The molecule has 27 heavy (non-hydrogen) atoms. The predicted molar refractivity (Wildman–Crippen MR) is 128 cm³/mol. The van der Waals surface area contributed by atoms with Crippen molar-refractivity contribution in [1.29, 1.82) is 0 Å². The minimum Gasteiger partial charge on any atom is -0.414 e. The normalized spacial score (nSPS) is 15.8. The first-order valence-electron chi connectivity index (χ1n) is 10.9. The summed E-state index contributed by atoms with van der Waals surface area (Å²) in [5, 5.41) is 0.518. The highest BCUT2D eigenvalue weighted by atomic mass is 28.4. The van der Waals surface area contributed by atoms with Gasteiger partial charge in [-0.05, 0) is 53.5 Å². The maximum atomic E-state index is 7.09. The second-order valence-corrected chi connectivity index (χ2v) is 24.4. The molecule has 0 rings (SSSR count). The van der Waals surface area contributed by atoms with Gasteiger partial charge in [-0.1, -0.05) is 83.1 Å². The summed E-state index contributed by atoms with van der Waals surface area (Å²) < 4.78 is 14.2. The third kappa shape index (κ3) is 5.70. The zero-order valence-electron chi connectivity index (χ0n) is 21.7. The fraction of sp³-hybridized carbons (Fsp3) is 1.00. The Hall–Kier alpha value is 0.354. The summed E-state index contributed by atoms with van der Waals surface area (Å²) in [4.78, 5) is 0. The SMILES string of the molecule is CC(C)O[Si](C[Si](OC(C)C)(C(C)(C)C)C(C)(C)C)(C(C)(C)C)C(C)(C)C. The van der Waals surface area contributed by atoms with Crippen molar-refractivity contribution >= 4 is 16.6 Å². The fourth-order valence-electron chi connectivity index (χ4n) is 5.26. The van der Waals surface area contributed by atoms with Crippen LogP contribution < -0.4 is 0 Å². The van der Waals surface area contributed by atoms with Crippen LogP contribution in [0.5, 0.6) is 0 Å². The minimum atomic E-state index is -2.25. The lowest BCUT2D eigenvalue weighted by molar-refractivity contribution is 0.178. The quantitative estimate of drug-likeness (QED) is 0.404. The molecule has 0 N–H and O–H groups in total. The van der Waals surface area contributed by atoms with Gasteiger partial charge in [0.05, 0.1) is 0 Å². The Kier molecular flexibility index (Phi) is 8.34. The van der Waals surface area contributed by atoms with Crippen LogP contribution in [0.4, 0.5) is 0 Å². The highest BCUT2D eigenvalue weighted by molar-refractivity contribution is 6.96. The highest BCUT2D eigenvalue weighted by Gasteiger charge is 2.66. The standard InChI is InChI=1S/C23H52O2Si2/c1-18(2)24-26(20(5,6)7,21(8,9)10)17-27(22(11,12)13,23(14,15)16)25-19(3)4/h18-19H,17H2,1-16H3. The smallest absolute Gasteiger partial charge is 0.203 e. The molecule has 0 radical (unpaired) electrons. The van der Waals surface area contributed by atoms with Crippen LogP contribution in [0.3, 0.4) is 0 Å². The van der Waals surface area contributed by atoms with E-state index in [4.69, 9.17) is 8.85 Å². The Bertz CT molecular complexity index is 397. The second kappa shape index (κ2) is 8.24. The summed E-state index contributed by atoms with van der Waals surface area (Å²) in [6.45, 7) is 37.7. The first-order chi connectivity index (χ1) is 11.5. The lowest BCUT2D eigenvalue weighted by atomic mass is 10.2. The molecule has 0 aromatic carbocycles. The maximum Gasteiger partial charge on any atom is 0.203 e. The van der Waals surface area contributed by atoms with Crippen molar-refractivity contribution in [1.82, 2.24) is 0 Å². The molecule has 0 heterocycles. The van der Waals surface area contributed by atoms with Crippen LogP contribution in [-0.2, 0) is 8.85 Å². The predicted octanol–water partition coefficient (Wildman–Crippen LogP) is 8.47. The Morgan fingerprint density at radius 3 is 0.778 bits per heavy atom. The van der Waals surface area contributed by atoms with E-state index in [9.17, 15) is 0 Å². The molecule has 0 bridgehead atoms. The highest BCUT2D eigenvalue weighted by Crippen LogP contribution is 2.63. The summed E-state index contributed by atoms with van der Waals surface area (Å²) in [6.07, 6.45) is 0.474. The minimum absolute atomic E-state index is 0.130. The van der Waals surface area contributed by atoms with Crippen LogP contribution >= 0.6 is 0 Å². The van der Waals surface area contributed by atoms with Crippen molar-refractivity contribution in [3.63, 3.8) is 0 Å². The molecular formula is C23H52O2Si2. The Labute approximate surface area is 174 Å². The molecule has 164 valence electrons. The molecule has 0 fully saturated rings. The fourth-order valence-corrected chi connectivity index (χ4v) is 24.7. The van der Waals surface area contributed by atoms with E-state index in [2.05, 4.69) is 111 Å². The molecule has 2 nitrogen and oxygen atoms in total. The molecule has 0 atom stereocenters. The summed E-state index contributed by atoms with van der Waals surface area (Å²) in [5.74, 6) is 0. The van der Waals surface area contributed by atoms with E-state index in [-0.39, 0.29) is 32.4 Å². The second-order valence-electron chi connectivity index (χ2n) is 13.2. The molecule has 0 aromatic rings. The van der Waals surface area contributed by atoms with E-state index < -0.39 is 16.6 Å². The first-order valence-corrected chi connectivity index (χ1v) is 15.1. The molecule has 0 aromatic heterocycles. The van der Waals surface area contributed by atoms with E-state index in [0.29, 0.717) is 0 Å². The van der Waals surface area contributed by atoms with Crippen molar-refractivity contribution in [3.05, 3.63) is 0 Å². The zero-order chi connectivity index (χ0) is 22.3. The van der Waals surface area contributed by atoms with E-state index in [1.807, 2.05) is 0 Å². The third-order valence-electron chi connectivity index (χ3n) is 6.22.